The second kappa shape index (κ2) is 7.06. The first kappa shape index (κ1) is 16.4. The highest BCUT2D eigenvalue weighted by atomic mass is 16.5. The highest BCUT2D eigenvalue weighted by Gasteiger charge is 2.28. The minimum absolute atomic E-state index is 0.0424. The number of aromatic nitrogens is 3. The molecule has 2 aliphatic rings. The van der Waals surface area contributed by atoms with Gasteiger partial charge in [-0.15, -0.1) is 0 Å². The maximum atomic E-state index is 5.94. The molecule has 6 heteroatoms. The van der Waals surface area contributed by atoms with Crippen molar-refractivity contribution in [2.45, 2.75) is 45.0 Å². The Bertz CT molecular complexity index is 709. The molecule has 0 aromatic carbocycles. The minimum atomic E-state index is 0.0424. The number of hydrogen-bond acceptors (Lipinski definition) is 6. The number of rotatable bonds is 3. The zero-order valence-corrected chi connectivity index (χ0v) is 14.8. The molecule has 0 bridgehead atoms. The summed E-state index contributed by atoms with van der Waals surface area (Å²) in [6.45, 7) is 6.60. The summed E-state index contributed by atoms with van der Waals surface area (Å²) >= 11 is 0. The molecule has 3 atom stereocenters. The highest BCUT2D eigenvalue weighted by molar-refractivity contribution is 5.65. The Morgan fingerprint density at radius 1 is 1.12 bits per heavy atom. The lowest BCUT2D eigenvalue weighted by molar-refractivity contribution is -0.00576. The number of ether oxygens (including phenoxy) is 2. The zero-order valence-electron chi connectivity index (χ0n) is 14.8. The lowest BCUT2D eigenvalue weighted by Crippen LogP contribution is -2.46. The second-order valence-electron chi connectivity index (χ2n) is 6.87. The van der Waals surface area contributed by atoms with Gasteiger partial charge >= 0.3 is 0 Å². The molecule has 0 amide bonds. The fraction of sp³-hybridized carbons (Fsp3) is 0.526. The van der Waals surface area contributed by atoms with Crippen LogP contribution in [0.2, 0.25) is 0 Å². The van der Waals surface area contributed by atoms with Crippen LogP contribution >= 0.6 is 0 Å². The maximum Gasteiger partial charge on any atom is 0.225 e. The molecule has 0 unspecified atom stereocenters. The van der Waals surface area contributed by atoms with Crippen molar-refractivity contribution in [2.24, 2.45) is 0 Å². The third-order valence-corrected chi connectivity index (χ3v) is 4.73. The fourth-order valence-electron chi connectivity index (χ4n) is 3.67. The average molecular weight is 340 g/mol. The molecule has 0 N–H and O–H groups in total. The summed E-state index contributed by atoms with van der Waals surface area (Å²) in [4.78, 5) is 15.9. The van der Waals surface area contributed by atoms with Gasteiger partial charge in [-0.1, -0.05) is 0 Å². The Kier molecular flexibility index (Phi) is 4.63. The second-order valence-corrected chi connectivity index (χ2v) is 6.87. The lowest BCUT2D eigenvalue weighted by atomic mass is 10.0. The number of anilines is 1. The minimum Gasteiger partial charge on any atom is -0.372 e. The molecule has 2 fully saturated rings. The largest absolute Gasteiger partial charge is 0.372 e. The Hall–Kier alpha value is -2.05. The van der Waals surface area contributed by atoms with Gasteiger partial charge in [-0.2, -0.15) is 0 Å². The van der Waals surface area contributed by atoms with Crippen LogP contribution in [0.4, 0.5) is 5.95 Å². The van der Waals surface area contributed by atoms with E-state index in [0.29, 0.717) is 0 Å². The van der Waals surface area contributed by atoms with Crippen LogP contribution in [0.1, 0.15) is 38.5 Å². The summed E-state index contributed by atoms with van der Waals surface area (Å²) in [6.07, 6.45) is 8.01. The molecule has 132 valence electrons. The van der Waals surface area contributed by atoms with E-state index < -0.39 is 0 Å². The third kappa shape index (κ3) is 3.50. The van der Waals surface area contributed by atoms with Crippen LogP contribution in [0.3, 0.4) is 0 Å². The molecule has 0 aliphatic carbocycles. The summed E-state index contributed by atoms with van der Waals surface area (Å²) in [7, 11) is 0. The monoisotopic (exact) mass is 340 g/mol. The Morgan fingerprint density at radius 2 is 1.88 bits per heavy atom. The Morgan fingerprint density at radius 3 is 2.56 bits per heavy atom. The van der Waals surface area contributed by atoms with E-state index in [1.165, 1.54) is 0 Å². The van der Waals surface area contributed by atoms with Gasteiger partial charge in [0.25, 0.3) is 0 Å². The van der Waals surface area contributed by atoms with E-state index >= 15 is 0 Å². The summed E-state index contributed by atoms with van der Waals surface area (Å²) in [5.41, 5.74) is 3.10. The van der Waals surface area contributed by atoms with E-state index in [2.05, 4.69) is 28.7 Å². The summed E-state index contributed by atoms with van der Waals surface area (Å²) < 4.78 is 11.8. The first-order chi connectivity index (χ1) is 12.2. The van der Waals surface area contributed by atoms with Crippen molar-refractivity contribution in [3.05, 3.63) is 36.4 Å². The van der Waals surface area contributed by atoms with Crippen LogP contribution in [0.15, 0.2) is 30.7 Å². The van der Waals surface area contributed by atoms with Crippen LogP contribution in [-0.2, 0) is 9.47 Å². The van der Waals surface area contributed by atoms with E-state index in [1.807, 2.05) is 18.3 Å². The summed E-state index contributed by atoms with van der Waals surface area (Å²) in [6, 6.07) is 3.99. The normalized spacial score (nSPS) is 26.8. The van der Waals surface area contributed by atoms with E-state index in [1.54, 1.807) is 12.4 Å². The smallest absolute Gasteiger partial charge is 0.225 e. The number of morpholine rings is 1. The van der Waals surface area contributed by atoms with Crippen molar-refractivity contribution >= 4 is 5.95 Å². The molecule has 0 saturated carbocycles. The van der Waals surface area contributed by atoms with Gasteiger partial charge in [-0.25, -0.2) is 9.97 Å². The van der Waals surface area contributed by atoms with Crippen LogP contribution < -0.4 is 4.90 Å². The van der Waals surface area contributed by atoms with Crippen LogP contribution in [-0.4, -0.2) is 46.9 Å². The van der Waals surface area contributed by atoms with Crippen LogP contribution in [0.25, 0.3) is 11.1 Å². The predicted octanol–water partition coefficient (Wildman–Crippen LogP) is 3.00. The van der Waals surface area contributed by atoms with Crippen molar-refractivity contribution in [3.8, 4) is 11.1 Å². The molecular formula is C19H24N4O2. The van der Waals surface area contributed by atoms with Gasteiger partial charge in [-0.3, -0.25) is 4.98 Å². The molecular weight excluding hydrogens is 316 g/mol. The van der Waals surface area contributed by atoms with Gasteiger partial charge in [-0.05, 0) is 44.4 Å². The van der Waals surface area contributed by atoms with Gasteiger partial charge in [0, 0.05) is 43.9 Å². The van der Waals surface area contributed by atoms with Gasteiger partial charge in [0.1, 0.15) is 6.10 Å². The van der Waals surface area contributed by atoms with Crippen molar-refractivity contribution in [1.82, 2.24) is 15.0 Å². The van der Waals surface area contributed by atoms with Crippen molar-refractivity contribution < 1.29 is 9.47 Å². The SMILES string of the molecule is C[C@@H]1CN(c2ncc(-c3ccncc3)c([C@H]3CCCO3)n2)C[C@@H](C)O1. The molecule has 2 aromatic rings. The first-order valence-corrected chi connectivity index (χ1v) is 9.00. The van der Waals surface area contributed by atoms with Crippen LogP contribution in [0, 0.1) is 0 Å². The van der Waals surface area contributed by atoms with Gasteiger partial charge in [0.2, 0.25) is 5.95 Å². The molecule has 2 aromatic heterocycles. The topological polar surface area (TPSA) is 60.4 Å². The van der Waals surface area contributed by atoms with Crippen molar-refractivity contribution in [1.29, 1.82) is 0 Å². The van der Waals surface area contributed by atoms with Crippen molar-refractivity contribution in [2.75, 3.05) is 24.6 Å². The summed E-state index contributed by atoms with van der Waals surface area (Å²) in [5, 5.41) is 0. The molecule has 2 saturated heterocycles. The summed E-state index contributed by atoms with van der Waals surface area (Å²) in [5.74, 6) is 0.769. The third-order valence-electron chi connectivity index (χ3n) is 4.73. The molecule has 4 rings (SSSR count). The predicted molar refractivity (Wildman–Crippen MR) is 95.4 cm³/mol. The van der Waals surface area contributed by atoms with E-state index in [4.69, 9.17) is 14.5 Å². The number of nitrogens with zero attached hydrogens (tertiary/aromatic N) is 4. The maximum absolute atomic E-state index is 5.94. The Labute approximate surface area is 148 Å². The molecule has 25 heavy (non-hydrogen) atoms. The highest BCUT2D eigenvalue weighted by Crippen LogP contribution is 2.35. The first-order valence-electron chi connectivity index (χ1n) is 9.00. The molecule has 4 heterocycles. The molecule has 2 aliphatic heterocycles. The quantitative estimate of drug-likeness (QED) is 0.856. The van der Waals surface area contributed by atoms with E-state index in [9.17, 15) is 0 Å². The standard InChI is InChI=1S/C19H24N4O2/c1-13-11-23(12-14(2)25-13)19-21-10-16(15-5-7-20-8-6-15)18(22-19)17-4-3-9-24-17/h5-8,10,13-14,17H,3-4,9,11-12H2,1-2H3/t13-,14-,17-/m1/s1. The van der Waals surface area contributed by atoms with Crippen LogP contribution in [0.5, 0.6) is 0 Å². The van der Waals surface area contributed by atoms with Gasteiger partial charge in [0.05, 0.1) is 17.9 Å². The van der Waals surface area contributed by atoms with E-state index in [-0.39, 0.29) is 18.3 Å². The van der Waals surface area contributed by atoms with Gasteiger partial charge in [0.15, 0.2) is 0 Å². The lowest BCUT2D eigenvalue weighted by Gasteiger charge is -2.35. The van der Waals surface area contributed by atoms with Crippen molar-refractivity contribution in [3.63, 3.8) is 0 Å². The molecule has 0 spiro atoms. The molecule has 0 radical (unpaired) electrons. The number of pyridine rings is 1. The average Bonchev–Trinajstić information content (AvgIpc) is 3.16. The van der Waals surface area contributed by atoms with E-state index in [0.717, 1.165) is 55.3 Å². The molecule has 6 nitrogen and oxygen atoms in total. The zero-order chi connectivity index (χ0) is 17.2. The fourth-order valence-corrected chi connectivity index (χ4v) is 3.67. The van der Waals surface area contributed by atoms with Gasteiger partial charge < -0.3 is 14.4 Å². The Balaban J connectivity index is 1.72. The number of hydrogen-bond donors (Lipinski definition) is 0.